The smallest absolute Gasteiger partial charge is 0.343 e. The summed E-state index contributed by atoms with van der Waals surface area (Å²) in [5, 5.41) is 4.48. The van der Waals surface area contributed by atoms with Gasteiger partial charge >= 0.3 is 5.97 Å². The van der Waals surface area contributed by atoms with Crippen molar-refractivity contribution >= 4 is 29.7 Å². The van der Waals surface area contributed by atoms with Crippen molar-refractivity contribution < 1.29 is 28.5 Å². The molecular formula is C28H27ClN2O6. The summed E-state index contributed by atoms with van der Waals surface area (Å²) in [6.07, 6.45) is 3.93. The molecule has 3 aromatic carbocycles. The number of carbonyl (C=O) groups excluding carboxylic acids is 2. The average Bonchev–Trinajstić information content (AvgIpc) is 2.90. The van der Waals surface area contributed by atoms with E-state index >= 15 is 0 Å². The fraction of sp³-hybridized carbons (Fsp3) is 0.179. The number of esters is 1. The van der Waals surface area contributed by atoms with Gasteiger partial charge in [-0.1, -0.05) is 23.7 Å². The number of benzene rings is 3. The summed E-state index contributed by atoms with van der Waals surface area (Å²) in [6, 6.07) is 16.7. The van der Waals surface area contributed by atoms with Crippen LogP contribution in [0.1, 0.15) is 28.4 Å². The molecule has 37 heavy (non-hydrogen) atoms. The molecular weight excluding hydrogens is 496 g/mol. The van der Waals surface area contributed by atoms with Gasteiger partial charge in [0, 0.05) is 5.02 Å². The molecule has 3 aromatic rings. The number of halogens is 1. The van der Waals surface area contributed by atoms with E-state index in [4.69, 9.17) is 30.5 Å². The number of hydrazone groups is 1. The first-order valence-electron chi connectivity index (χ1n) is 11.4. The Morgan fingerprint density at radius 1 is 0.973 bits per heavy atom. The number of methoxy groups -OCH3 is 1. The number of allylic oxidation sites excluding steroid dienone is 1. The molecule has 3 rings (SSSR count). The second-order valence-corrected chi connectivity index (χ2v) is 8.03. The lowest BCUT2D eigenvalue weighted by Crippen LogP contribution is -2.24. The first-order chi connectivity index (χ1) is 17.9. The maximum Gasteiger partial charge on any atom is 0.343 e. The zero-order valence-electron chi connectivity index (χ0n) is 20.5. The Morgan fingerprint density at radius 2 is 1.73 bits per heavy atom. The lowest BCUT2D eigenvalue weighted by atomic mass is 10.1. The molecule has 0 radical (unpaired) electrons. The predicted molar refractivity (Wildman–Crippen MR) is 142 cm³/mol. The molecule has 0 bridgehead atoms. The first kappa shape index (κ1) is 27.3. The topological polar surface area (TPSA) is 95.5 Å². The monoisotopic (exact) mass is 522 g/mol. The minimum atomic E-state index is -0.543. The molecule has 8 nitrogen and oxygen atoms in total. The lowest BCUT2D eigenvalue weighted by Gasteiger charge is -2.12. The zero-order chi connectivity index (χ0) is 26.6. The number of hydrogen-bond donors (Lipinski definition) is 1. The molecule has 0 aromatic heterocycles. The number of ether oxygens (including phenoxy) is 4. The molecule has 0 spiro atoms. The highest BCUT2D eigenvalue weighted by molar-refractivity contribution is 6.30. The third kappa shape index (κ3) is 8.12. The van der Waals surface area contributed by atoms with E-state index in [9.17, 15) is 9.59 Å². The summed E-state index contributed by atoms with van der Waals surface area (Å²) >= 11 is 5.87. The molecule has 1 N–H and O–H groups in total. The van der Waals surface area contributed by atoms with E-state index < -0.39 is 11.9 Å². The number of rotatable bonds is 12. The Bertz CT molecular complexity index is 1270. The van der Waals surface area contributed by atoms with Crippen molar-refractivity contribution in [2.45, 2.75) is 13.3 Å². The molecule has 9 heteroatoms. The molecule has 0 unspecified atom stereocenters. The maximum atomic E-state index is 12.4. The molecule has 0 aliphatic carbocycles. The van der Waals surface area contributed by atoms with Gasteiger partial charge in [0.25, 0.3) is 5.91 Å². The van der Waals surface area contributed by atoms with Crippen LogP contribution >= 0.6 is 11.6 Å². The molecule has 0 heterocycles. The van der Waals surface area contributed by atoms with E-state index in [1.54, 1.807) is 54.6 Å². The largest absolute Gasteiger partial charge is 0.493 e. The molecule has 192 valence electrons. The van der Waals surface area contributed by atoms with Crippen molar-refractivity contribution in [2.75, 3.05) is 20.3 Å². The van der Waals surface area contributed by atoms with Crippen LogP contribution < -0.4 is 24.4 Å². The van der Waals surface area contributed by atoms with Crippen LogP contribution in [0.25, 0.3) is 0 Å². The van der Waals surface area contributed by atoms with E-state index in [2.05, 4.69) is 17.1 Å². The van der Waals surface area contributed by atoms with Crippen LogP contribution in [0.4, 0.5) is 0 Å². The van der Waals surface area contributed by atoms with Gasteiger partial charge in [-0.15, -0.1) is 6.58 Å². The Kier molecular flexibility index (Phi) is 10.1. The van der Waals surface area contributed by atoms with Crippen molar-refractivity contribution in [1.82, 2.24) is 5.43 Å². The average molecular weight is 523 g/mol. The van der Waals surface area contributed by atoms with Gasteiger partial charge in [-0.3, -0.25) is 4.79 Å². The molecule has 0 atom stereocenters. The maximum absolute atomic E-state index is 12.4. The van der Waals surface area contributed by atoms with Crippen molar-refractivity contribution in [2.24, 2.45) is 5.10 Å². The van der Waals surface area contributed by atoms with E-state index in [0.29, 0.717) is 46.4 Å². The van der Waals surface area contributed by atoms with Crippen LogP contribution in [0.5, 0.6) is 23.0 Å². The van der Waals surface area contributed by atoms with Crippen LogP contribution in [0, 0.1) is 0 Å². The number of nitrogens with one attached hydrogen (secondary N) is 1. The SMILES string of the molecule is C=CCc1ccc(OCC(=O)N/N=C/c2ccc(OC(=O)c3ccc(Cl)cc3)c(OCC)c2)c(OC)c1. The Balaban J connectivity index is 1.59. The van der Waals surface area contributed by atoms with Gasteiger partial charge in [-0.05, 0) is 79.1 Å². The van der Waals surface area contributed by atoms with Gasteiger partial charge < -0.3 is 18.9 Å². The van der Waals surface area contributed by atoms with Gasteiger partial charge in [0.1, 0.15) is 0 Å². The second kappa shape index (κ2) is 13.7. The van der Waals surface area contributed by atoms with Crippen LogP contribution in [-0.4, -0.2) is 38.4 Å². The summed E-state index contributed by atoms with van der Waals surface area (Å²) in [7, 11) is 1.53. The van der Waals surface area contributed by atoms with Crippen molar-refractivity contribution in [1.29, 1.82) is 0 Å². The fourth-order valence-corrected chi connectivity index (χ4v) is 3.31. The van der Waals surface area contributed by atoms with Gasteiger partial charge in [-0.25, -0.2) is 10.2 Å². The summed E-state index contributed by atoms with van der Waals surface area (Å²) in [6.45, 7) is 5.64. The number of amides is 1. The molecule has 1 amide bonds. The highest BCUT2D eigenvalue weighted by Crippen LogP contribution is 2.30. The van der Waals surface area contributed by atoms with Crippen LogP contribution in [0.2, 0.25) is 5.02 Å². The molecule has 0 aliphatic heterocycles. The summed E-state index contributed by atoms with van der Waals surface area (Å²) in [5.41, 5.74) is 4.40. The molecule has 0 fully saturated rings. The van der Waals surface area contributed by atoms with Crippen molar-refractivity contribution in [3.05, 3.63) is 95.0 Å². The van der Waals surface area contributed by atoms with E-state index in [1.165, 1.54) is 13.3 Å². The lowest BCUT2D eigenvalue weighted by molar-refractivity contribution is -0.123. The third-order valence-corrected chi connectivity index (χ3v) is 5.17. The molecule has 0 saturated carbocycles. The summed E-state index contributed by atoms with van der Waals surface area (Å²) < 4.78 is 22.0. The number of hydrogen-bond acceptors (Lipinski definition) is 7. The molecule has 0 aliphatic rings. The Labute approximate surface area is 220 Å². The van der Waals surface area contributed by atoms with Gasteiger partial charge in [0.05, 0.1) is 25.5 Å². The second-order valence-electron chi connectivity index (χ2n) is 7.60. The minimum Gasteiger partial charge on any atom is -0.493 e. The highest BCUT2D eigenvalue weighted by Gasteiger charge is 2.13. The Morgan fingerprint density at radius 3 is 2.43 bits per heavy atom. The van der Waals surface area contributed by atoms with Gasteiger partial charge in [0.2, 0.25) is 0 Å². The quantitative estimate of drug-likeness (QED) is 0.115. The van der Waals surface area contributed by atoms with Gasteiger partial charge in [-0.2, -0.15) is 5.10 Å². The first-order valence-corrected chi connectivity index (χ1v) is 11.8. The fourth-order valence-electron chi connectivity index (χ4n) is 3.18. The number of carbonyl (C=O) groups is 2. The summed E-state index contributed by atoms with van der Waals surface area (Å²) in [4.78, 5) is 24.6. The highest BCUT2D eigenvalue weighted by atomic mass is 35.5. The standard InChI is InChI=1S/C28H27ClN2O6/c1-4-6-19-7-13-23(25(15-19)34-3)36-18-27(32)31-30-17-20-8-14-24(26(16-20)35-5-2)37-28(33)21-9-11-22(29)12-10-21/h4,7-17H,1,5-6,18H2,2-3H3,(H,31,32)/b30-17+. The third-order valence-electron chi connectivity index (χ3n) is 4.92. The minimum absolute atomic E-state index is 0.252. The van der Waals surface area contributed by atoms with E-state index in [0.717, 1.165) is 5.56 Å². The summed E-state index contributed by atoms with van der Waals surface area (Å²) in [5.74, 6) is 0.584. The molecule has 0 saturated heterocycles. The van der Waals surface area contributed by atoms with Crippen molar-refractivity contribution in [3.8, 4) is 23.0 Å². The van der Waals surface area contributed by atoms with Gasteiger partial charge in [0.15, 0.2) is 29.6 Å². The normalized spacial score (nSPS) is 10.6. The Hall–Kier alpha value is -4.30. The van der Waals surface area contributed by atoms with Crippen molar-refractivity contribution in [3.63, 3.8) is 0 Å². The predicted octanol–water partition coefficient (Wildman–Crippen LogP) is 5.22. The van der Waals surface area contributed by atoms with Crippen LogP contribution in [0.3, 0.4) is 0 Å². The van der Waals surface area contributed by atoms with Crippen LogP contribution in [-0.2, 0) is 11.2 Å². The number of nitrogens with zero attached hydrogens (tertiary/aromatic N) is 1. The zero-order valence-corrected chi connectivity index (χ0v) is 21.3. The van der Waals surface area contributed by atoms with E-state index in [-0.39, 0.29) is 12.4 Å². The van der Waals surface area contributed by atoms with E-state index in [1.807, 2.05) is 19.1 Å². The van der Waals surface area contributed by atoms with Crippen LogP contribution in [0.15, 0.2) is 78.4 Å².